The minimum atomic E-state index is -0.383. The van der Waals surface area contributed by atoms with E-state index in [2.05, 4.69) is 10.6 Å². The molecule has 1 heterocycles. The Balaban J connectivity index is 1.83. The van der Waals surface area contributed by atoms with Crippen molar-refractivity contribution in [1.29, 1.82) is 0 Å². The van der Waals surface area contributed by atoms with E-state index in [0.29, 0.717) is 33.8 Å². The molecular formula is C26H31Cl2N5O2. The third kappa shape index (κ3) is 7.23. The van der Waals surface area contributed by atoms with E-state index < -0.39 is 0 Å². The molecule has 7 nitrogen and oxygen atoms in total. The molecule has 1 aromatic heterocycles. The zero-order chi connectivity index (χ0) is 25.8. The van der Waals surface area contributed by atoms with E-state index in [4.69, 9.17) is 28.3 Å². The third-order valence-corrected chi connectivity index (χ3v) is 5.66. The fourth-order valence-corrected chi connectivity index (χ4v) is 3.83. The number of rotatable bonds is 7. The van der Waals surface area contributed by atoms with Crippen LogP contribution in [0, 0.1) is 5.92 Å². The zero-order valence-electron chi connectivity index (χ0n) is 20.6. The van der Waals surface area contributed by atoms with Crippen LogP contribution in [0.4, 0.5) is 16.3 Å². The van der Waals surface area contributed by atoms with E-state index in [9.17, 15) is 9.59 Å². The van der Waals surface area contributed by atoms with Crippen LogP contribution >= 0.6 is 23.2 Å². The topological polar surface area (TPSA) is 79.3 Å². The highest BCUT2D eigenvalue weighted by Gasteiger charge is 2.24. The summed E-state index contributed by atoms with van der Waals surface area (Å²) in [6.45, 7) is 10.4. The summed E-state index contributed by atoms with van der Waals surface area (Å²) in [7, 11) is 0. The molecule has 0 spiro atoms. The molecule has 2 N–H and O–H groups in total. The molecule has 0 aliphatic carbocycles. The van der Waals surface area contributed by atoms with Crippen molar-refractivity contribution >= 4 is 46.6 Å². The van der Waals surface area contributed by atoms with Gasteiger partial charge < -0.3 is 15.5 Å². The number of para-hydroxylation sites is 1. The van der Waals surface area contributed by atoms with Crippen molar-refractivity contribution < 1.29 is 9.59 Å². The van der Waals surface area contributed by atoms with E-state index in [1.165, 1.54) is 4.90 Å². The Bertz CT molecular complexity index is 1200. The molecule has 3 rings (SSSR count). The Hall–Kier alpha value is -3.03. The Labute approximate surface area is 216 Å². The highest BCUT2D eigenvalue weighted by atomic mass is 35.5. The number of nitrogens with zero attached hydrogens (tertiary/aromatic N) is 3. The number of carbonyl (C=O) groups excluding carboxylic acids is 2. The van der Waals surface area contributed by atoms with Gasteiger partial charge in [-0.15, -0.1) is 0 Å². The molecule has 9 heteroatoms. The normalized spacial score (nSPS) is 11.4. The van der Waals surface area contributed by atoms with Crippen molar-refractivity contribution in [2.75, 3.05) is 23.7 Å². The number of carbonyl (C=O) groups is 2. The van der Waals surface area contributed by atoms with Gasteiger partial charge >= 0.3 is 6.03 Å². The zero-order valence-corrected chi connectivity index (χ0v) is 22.1. The van der Waals surface area contributed by atoms with Crippen molar-refractivity contribution in [3.8, 4) is 5.69 Å². The maximum absolute atomic E-state index is 13.1. The monoisotopic (exact) mass is 515 g/mol. The second-order valence-electron chi connectivity index (χ2n) is 9.79. The van der Waals surface area contributed by atoms with Crippen LogP contribution in [0.15, 0.2) is 54.6 Å². The van der Waals surface area contributed by atoms with Crippen molar-refractivity contribution in [2.45, 2.75) is 40.0 Å². The minimum absolute atomic E-state index is 0.136. The van der Waals surface area contributed by atoms with Gasteiger partial charge in [-0.3, -0.25) is 4.79 Å². The first-order valence-electron chi connectivity index (χ1n) is 11.4. The van der Waals surface area contributed by atoms with Crippen LogP contribution in [-0.2, 0) is 10.2 Å². The number of hydrogen-bond acceptors (Lipinski definition) is 3. The van der Waals surface area contributed by atoms with Gasteiger partial charge in [0, 0.05) is 28.7 Å². The van der Waals surface area contributed by atoms with Gasteiger partial charge in [0.25, 0.3) is 0 Å². The first kappa shape index (κ1) is 26.6. The lowest BCUT2D eigenvalue weighted by molar-refractivity contribution is -0.116. The fraction of sp³-hybridized carbons (Fsp3) is 0.346. The van der Waals surface area contributed by atoms with E-state index in [0.717, 1.165) is 5.69 Å². The first-order valence-corrected chi connectivity index (χ1v) is 12.2. The Kier molecular flexibility index (Phi) is 8.46. The van der Waals surface area contributed by atoms with Gasteiger partial charge in [-0.1, -0.05) is 76.0 Å². The molecule has 0 bridgehead atoms. The van der Waals surface area contributed by atoms with E-state index in [1.54, 1.807) is 35.0 Å². The third-order valence-electron chi connectivity index (χ3n) is 5.11. The number of urea groups is 1. The molecular weight excluding hydrogens is 485 g/mol. The van der Waals surface area contributed by atoms with Crippen LogP contribution in [0.25, 0.3) is 5.69 Å². The predicted octanol–water partition coefficient (Wildman–Crippen LogP) is 6.61. The molecule has 0 atom stereocenters. The molecule has 0 fully saturated rings. The smallest absolute Gasteiger partial charge is 0.315 e. The summed E-state index contributed by atoms with van der Waals surface area (Å²) in [5, 5.41) is 11.5. The van der Waals surface area contributed by atoms with Gasteiger partial charge in [-0.25, -0.2) is 9.48 Å². The van der Waals surface area contributed by atoms with Crippen LogP contribution in [0.2, 0.25) is 10.0 Å². The Morgan fingerprint density at radius 2 is 1.74 bits per heavy atom. The van der Waals surface area contributed by atoms with Crippen molar-refractivity contribution in [3.63, 3.8) is 0 Å². The number of anilines is 2. The number of halogens is 2. The van der Waals surface area contributed by atoms with Crippen LogP contribution < -0.4 is 10.6 Å². The number of amides is 3. The van der Waals surface area contributed by atoms with Crippen molar-refractivity contribution in [3.05, 3.63) is 70.3 Å². The minimum Gasteiger partial charge on any atom is -0.315 e. The highest BCUT2D eigenvalue weighted by Crippen LogP contribution is 2.29. The molecule has 35 heavy (non-hydrogen) atoms. The standard InChI is InChI=1S/C26H31Cl2N5O2/c1-17(2)15-32(25(35)29-19-10-8-9-18(27)13-19)16-24(34)30-23-14-22(26(3,4)5)31-33(23)21-12-7-6-11-20(21)28/h6-14,17H,15-16H2,1-5H3,(H,29,35)(H,30,34). The predicted molar refractivity (Wildman–Crippen MR) is 143 cm³/mol. The number of nitrogens with one attached hydrogen (secondary N) is 2. The summed E-state index contributed by atoms with van der Waals surface area (Å²) >= 11 is 12.4. The van der Waals surface area contributed by atoms with Gasteiger partial charge in [-0.05, 0) is 36.2 Å². The molecule has 0 aliphatic heterocycles. The fourth-order valence-electron chi connectivity index (χ4n) is 3.43. The average Bonchev–Trinajstić information content (AvgIpc) is 3.17. The van der Waals surface area contributed by atoms with Gasteiger partial charge in [-0.2, -0.15) is 5.10 Å². The molecule has 0 saturated heterocycles. The van der Waals surface area contributed by atoms with Gasteiger partial charge in [0.15, 0.2) is 0 Å². The van der Waals surface area contributed by atoms with E-state index in [1.807, 2.05) is 58.9 Å². The summed E-state index contributed by atoms with van der Waals surface area (Å²) < 4.78 is 1.62. The lowest BCUT2D eigenvalue weighted by Gasteiger charge is -2.24. The maximum Gasteiger partial charge on any atom is 0.322 e. The summed E-state index contributed by atoms with van der Waals surface area (Å²) in [5.41, 5.74) is 1.76. The molecule has 3 aromatic rings. The van der Waals surface area contributed by atoms with Crippen LogP contribution in [0.1, 0.15) is 40.3 Å². The van der Waals surface area contributed by atoms with Crippen molar-refractivity contribution in [1.82, 2.24) is 14.7 Å². The summed E-state index contributed by atoms with van der Waals surface area (Å²) in [5.74, 6) is 0.294. The SMILES string of the molecule is CC(C)CN(CC(=O)Nc1cc(C(C)(C)C)nn1-c1ccccc1Cl)C(=O)Nc1cccc(Cl)c1. The number of aromatic nitrogens is 2. The van der Waals surface area contributed by atoms with Crippen molar-refractivity contribution in [2.24, 2.45) is 5.92 Å². The molecule has 0 unspecified atom stereocenters. The molecule has 186 valence electrons. The highest BCUT2D eigenvalue weighted by molar-refractivity contribution is 6.32. The maximum atomic E-state index is 13.1. The largest absolute Gasteiger partial charge is 0.322 e. The Morgan fingerprint density at radius 3 is 2.37 bits per heavy atom. The molecule has 2 aromatic carbocycles. The van der Waals surface area contributed by atoms with Gasteiger partial charge in [0.2, 0.25) is 5.91 Å². The summed E-state index contributed by atoms with van der Waals surface area (Å²) in [6, 6.07) is 15.6. The molecule has 0 radical (unpaired) electrons. The van der Waals surface area contributed by atoms with Gasteiger partial charge in [0.1, 0.15) is 12.4 Å². The lowest BCUT2D eigenvalue weighted by Crippen LogP contribution is -2.42. The second-order valence-corrected chi connectivity index (χ2v) is 10.6. The van der Waals surface area contributed by atoms with Crippen LogP contribution in [-0.4, -0.2) is 39.7 Å². The average molecular weight is 516 g/mol. The quantitative estimate of drug-likeness (QED) is 0.371. The number of hydrogen-bond donors (Lipinski definition) is 2. The van der Waals surface area contributed by atoms with Crippen LogP contribution in [0.3, 0.4) is 0 Å². The van der Waals surface area contributed by atoms with Gasteiger partial charge in [0.05, 0.1) is 16.4 Å². The Morgan fingerprint density at radius 1 is 1.03 bits per heavy atom. The summed E-state index contributed by atoms with van der Waals surface area (Å²) in [4.78, 5) is 27.6. The summed E-state index contributed by atoms with van der Waals surface area (Å²) in [6.07, 6.45) is 0. The number of benzene rings is 2. The molecule has 0 aliphatic rings. The molecule has 3 amide bonds. The van der Waals surface area contributed by atoms with E-state index >= 15 is 0 Å². The van der Waals surface area contributed by atoms with Crippen LogP contribution in [0.5, 0.6) is 0 Å². The first-order chi connectivity index (χ1) is 16.4. The molecule has 0 saturated carbocycles. The van der Waals surface area contributed by atoms with E-state index in [-0.39, 0.29) is 29.8 Å². The second kappa shape index (κ2) is 11.1. The lowest BCUT2D eigenvalue weighted by atomic mass is 9.92.